The highest BCUT2D eigenvalue weighted by molar-refractivity contribution is 9.10. The van der Waals surface area contributed by atoms with Gasteiger partial charge in [0.2, 0.25) is 5.91 Å². The van der Waals surface area contributed by atoms with E-state index < -0.39 is 0 Å². The van der Waals surface area contributed by atoms with Crippen LogP contribution in [0, 0.1) is 0 Å². The van der Waals surface area contributed by atoms with E-state index in [1.54, 1.807) is 0 Å². The number of likely N-dealkylation sites (N-methyl/N-ethyl adjacent to an activating group) is 1. The van der Waals surface area contributed by atoms with Crippen LogP contribution in [0.25, 0.3) is 0 Å². The quantitative estimate of drug-likeness (QED) is 0.845. The second-order valence-corrected chi connectivity index (χ2v) is 7.56. The summed E-state index contributed by atoms with van der Waals surface area (Å²) < 4.78 is 3.18. The first-order chi connectivity index (χ1) is 9.20. The standard InChI is InChI=1S/C15H24BrN3O/c1-15(2,3)19-7-6-13(14(19)20)18(5)10-12-8-11(16)9-17(12)4/h8-9,13H,6-7,10H2,1-5H3. The van der Waals surface area contributed by atoms with Crippen molar-refractivity contribution in [2.45, 2.75) is 45.3 Å². The second-order valence-electron chi connectivity index (χ2n) is 6.64. The average molecular weight is 342 g/mol. The number of rotatable bonds is 3. The van der Waals surface area contributed by atoms with Crippen molar-refractivity contribution >= 4 is 21.8 Å². The summed E-state index contributed by atoms with van der Waals surface area (Å²) in [6.45, 7) is 7.94. The lowest BCUT2D eigenvalue weighted by Crippen LogP contribution is -2.46. The minimum absolute atomic E-state index is 0.00269. The summed E-state index contributed by atoms with van der Waals surface area (Å²) in [6.07, 6.45) is 2.96. The summed E-state index contributed by atoms with van der Waals surface area (Å²) in [4.78, 5) is 16.7. The maximum atomic E-state index is 12.5. The van der Waals surface area contributed by atoms with Gasteiger partial charge < -0.3 is 9.47 Å². The summed E-state index contributed by atoms with van der Waals surface area (Å²) in [7, 11) is 4.07. The molecule has 1 aromatic heterocycles. The highest BCUT2D eigenvalue weighted by Gasteiger charge is 2.39. The Hall–Kier alpha value is -0.810. The molecular weight excluding hydrogens is 318 g/mol. The molecule has 1 aliphatic heterocycles. The van der Waals surface area contributed by atoms with Gasteiger partial charge >= 0.3 is 0 Å². The number of aryl methyl sites for hydroxylation is 1. The number of carbonyl (C=O) groups is 1. The van der Waals surface area contributed by atoms with E-state index in [1.807, 2.05) is 25.2 Å². The molecule has 1 aliphatic rings. The van der Waals surface area contributed by atoms with Crippen LogP contribution < -0.4 is 0 Å². The molecule has 112 valence electrons. The molecule has 1 fully saturated rings. The van der Waals surface area contributed by atoms with Crippen molar-refractivity contribution in [3.8, 4) is 0 Å². The van der Waals surface area contributed by atoms with E-state index in [0.717, 1.165) is 24.0 Å². The Morgan fingerprint density at radius 3 is 2.55 bits per heavy atom. The lowest BCUT2D eigenvalue weighted by atomic mass is 10.1. The predicted molar refractivity (Wildman–Crippen MR) is 84.5 cm³/mol. The Bertz CT molecular complexity index is 504. The Morgan fingerprint density at radius 2 is 2.10 bits per heavy atom. The van der Waals surface area contributed by atoms with Gasteiger partial charge in [-0.05, 0) is 56.2 Å². The lowest BCUT2D eigenvalue weighted by molar-refractivity contribution is -0.135. The molecule has 0 aromatic carbocycles. The Morgan fingerprint density at radius 1 is 1.45 bits per heavy atom. The van der Waals surface area contributed by atoms with Crippen molar-refractivity contribution < 1.29 is 4.79 Å². The molecule has 1 atom stereocenters. The molecule has 1 unspecified atom stereocenters. The largest absolute Gasteiger partial charge is 0.352 e. The number of nitrogens with zero attached hydrogens (tertiary/aromatic N) is 3. The third-order valence-corrected chi connectivity index (χ3v) is 4.44. The van der Waals surface area contributed by atoms with E-state index in [-0.39, 0.29) is 17.5 Å². The van der Waals surface area contributed by atoms with Crippen LogP contribution in [0.2, 0.25) is 0 Å². The molecular formula is C15H24BrN3O. The Balaban J connectivity index is 2.06. The zero-order valence-corrected chi connectivity index (χ0v) is 14.6. The van der Waals surface area contributed by atoms with Crippen LogP contribution in [0.3, 0.4) is 0 Å². The minimum Gasteiger partial charge on any atom is -0.352 e. The molecule has 2 rings (SSSR count). The SMILES string of the molecule is CN(Cc1cc(Br)cn1C)C1CCN(C(C)(C)C)C1=O. The van der Waals surface area contributed by atoms with Gasteiger partial charge in [-0.2, -0.15) is 0 Å². The van der Waals surface area contributed by atoms with Crippen LogP contribution in [0.15, 0.2) is 16.7 Å². The van der Waals surface area contributed by atoms with E-state index in [0.29, 0.717) is 0 Å². The summed E-state index contributed by atoms with van der Waals surface area (Å²) in [5.74, 6) is 0.258. The maximum absolute atomic E-state index is 12.5. The smallest absolute Gasteiger partial charge is 0.240 e. The molecule has 0 N–H and O–H groups in total. The summed E-state index contributed by atoms with van der Waals surface area (Å²) in [5.41, 5.74) is 1.13. The molecule has 0 aliphatic carbocycles. The van der Waals surface area contributed by atoms with Gasteiger partial charge in [0.15, 0.2) is 0 Å². The number of aromatic nitrogens is 1. The molecule has 0 spiro atoms. The van der Waals surface area contributed by atoms with Gasteiger partial charge in [-0.1, -0.05) is 0 Å². The van der Waals surface area contributed by atoms with E-state index in [4.69, 9.17) is 0 Å². The molecule has 4 nitrogen and oxygen atoms in total. The Kier molecular flexibility index (Phi) is 4.30. The van der Waals surface area contributed by atoms with Crippen molar-refractivity contribution in [3.05, 3.63) is 22.4 Å². The molecule has 1 amide bonds. The fraction of sp³-hybridized carbons (Fsp3) is 0.667. The van der Waals surface area contributed by atoms with E-state index in [2.05, 4.69) is 52.2 Å². The molecule has 5 heteroatoms. The van der Waals surface area contributed by atoms with Gasteiger partial charge in [-0.3, -0.25) is 9.69 Å². The number of hydrogen-bond acceptors (Lipinski definition) is 2. The van der Waals surface area contributed by atoms with Crippen LogP contribution in [0.4, 0.5) is 0 Å². The van der Waals surface area contributed by atoms with E-state index in [1.165, 1.54) is 5.69 Å². The maximum Gasteiger partial charge on any atom is 0.240 e. The fourth-order valence-corrected chi connectivity index (χ4v) is 3.40. The molecule has 1 saturated heterocycles. The fourth-order valence-electron chi connectivity index (χ4n) is 2.83. The summed E-state index contributed by atoms with van der Waals surface area (Å²) in [5, 5.41) is 0. The molecule has 0 bridgehead atoms. The predicted octanol–water partition coefficient (Wildman–Crippen LogP) is 2.62. The van der Waals surface area contributed by atoms with Gasteiger partial charge in [-0.15, -0.1) is 0 Å². The minimum atomic E-state index is -0.0827. The van der Waals surface area contributed by atoms with Crippen LogP contribution >= 0.6 is 15.9 Å². The third-order valence-electron chi connectivity index (χ3n) is 4.00. The topological polar surface area (TPSA) is 28.5 Å². The number of carbonyl (C=O) groups excluding carboxylic acids is 1. The van der Waals surface area contributed by atoms with Crippen molar-refractivity contribution in [3.63, 3.8) is 0 Å². The first-order valence-corrected chi connectivity index (χ1v) is 7.82. The normalized spacial score (nSPS) is 20.2. The monoisotopic (exact) mass is 341 g/mol. The van der Waals surface area contributed by atoms with Gasteiger partial charge in [0.1, 0.15) is 0 Å². The second kappa shape index (κ2) is 5.53. The lowest BCUT2D eigenvalue weighted by Gasteiger charge is -2.33. The molecule has 20 heavy (non-hydrogen) atoms. The zero-order valence-electron chi connectivity index (χ0n) is 13.0. The average Bonchev–Trinajstić information content (AvgIpc) is 2.82. The molecule has 1 aromatic rings. The summed E-state index contributed by atoms with van der Waals surface area (Å²) >= 11 is 3.49. The van der Waals surface area contributed by atoms with Crippen molar-refractivity contribution in [2.75, 3.05) is 13.6 Å². The summed E-state index contributed by atoms with van der Waals surface area (Å²) in [6, 6.07) is 2.11. The highest BCUT2D eigenvalue weighted by atomic mass is 79.9. The van der Waals surface area contributed by atoms with E-state index in [9.17, 15) is 4.79 Å². The Labute approximate surface area is 129 Å². The van der Waals surface area contributed by atoms with Gasteiger partial charge in [-0.25, -0.2) is 0 Å². The van der Waals surface area contributed by atoms with Gasteiger partial charge in [0.05, 0.1) is 6.04 Å². The van der Waals surface area contributed by atoms with Crippen LogP contribution in [0.5, 0.6) is 0 Å². The number of halogens is 1. The number of hydrogen-bond donors (Lipinski definition) is 0. The van der Waals surface area contributed by atoms with Crippen molar-refractivity contribution in [1.82, 2.24) is 14.4 Å². The molecule has 2 heterocycles. The molecule has 0 saturated carbocycles. The van der Waals surface area contributed by atoms with Gasteiger partial charge in [0, 0.05) is 42.0 Å². The van der Waals surface area contributed by atoms with Crippen molar-refractivity contribution in [1.29, 1.82) is 0 Å². The van der Waals surface area contributed by atoms with E-state index >= 15 is 0 Å². The number of likely N-dealkylation sites (tertiary alicyclic amines) is 1. The molecule has 0 radical (unpaired) electrons. The third kappa shape index (κ3) is 3.09. The number of amides is 1. The first-order valence-electron chi connectivity index (χ1n) is 7.02. The zero-order chi connectivity index (χ0) is 15.1. The highest BCUT2D eigenvalue weighted by Crippen LogP contribution is 2.25. The van der Waals surface area contributed by atoms with Crippen LogP contribution in [0.1, 0.15) is 32.9 Å². The van der Waals surface area contributed by atoms with Crippen LogP contribution in [-0.4, -0.2) is 45.4 Å². The van der Waals surface area contributed by atoms with Crippen molar-refractivity contribution in [2.24, 2.45) is 7.05 Å². The first kappa shape index (κ1) is 15.6. The van der Waals surface area contributed by atoms with Gasteiger partial charge in [0.25, 0.3) is 0 Å². The van der Waals surface area contributed by atoms with Crippen LogP contribution in [-0.2, 0) is 18.4 Å².